The van der Waals surface area contributed by atoms with Crippen LogP contribution in [0.2, 0.25) is 0 Å². The van der Waals surface area contributed by atoms with Crippen molar-refractivity contribution in [3.05, 3.63) is 58.2 Å². The monoisotopic (exact) mass is 436 g/mol. The first-order chi connectivity index (χ1) is 15.0. The van der Waals surface area contributed by atoms with Crippen LogP contribution >= 0.6 is 11.3 Å². The zero-order valence-corrected chi connectivity index (χ0v) is 18.8. The Balaban J connectivity index is 1.38. The number of amides is 2. The molecule has 0 aliphatic carbocycles. The molecule has 1 atom stereocenters. The number of likely N-dealkylation sites (tertiary alicyclic amines) is 1. The summed E-state index contributed by atoms with van der Waals surface area (Å²) in [5, 5.41) is 7.13. The molecule has 0 spiro atoms. The second-order valence-electron chi connectivity index (χ2n) is 8.35. The van der Waals surface area contributed by atoms with Crippen LogP contribution in [-0.2, 0) is 11.2 Å². The Morgan fingerprint density at radius 1 is 1.19 bits per heavy atom. The highest BCUT2D eigenvalue weighted by Crippen LogP contribution is 2.30. The zero-order valence-electron chi connectivity index (χ0n) is 18.0. The second-order valence-corrected chi connectivity index (χ2v) is 9.24. The first-order valence-corrected chi connectivity index (χ1v) is 11.8. The summed E-state index contributed by atoms with van der Waals surface area (Å²) in [7, 11) is 0. The van der Waals surface area contributed by atoms with E-state index in [0.29, 0.717) is 18.8 Å². The lowest BCUT2D eigenvalue weighted by atomic mass is 9.98. The van der Waals surface area contributed by atoms with E-state index >= 15 is 0 Å². The van der Waals surface area contributed by atoms with E-state index in [1.54, 1.807) is 11.3 Å². The molecule has 1 N–H and O–H groups in total. The van der Waals surface area contributed by atoms with Crippen LogP contribution < -0.4 is 5.32 Å². The third kappa shape index (κ3) is 5.10. The number of piperidine rings is 1. The summed E-state index contributed by atoms with van der Waals surface area (Å²) in [5.41, 5.74) is 2.35. The largest absolute Gasteiger partial charge is 0.355 e. The smallest absolute Gasteiger partial charge is 0.272 e. The standard InChI is InChI=1S/C24H28N4O2S/c1-16(2)22(29)25-12-11-19-15-31-23(26-19)18-7-5-13-28(14-18)24(30)21-10-9-17-6-3-4-8-20(17)27-21/h3-4,6,8-10,15-16,18H,5,7,11-14H2,1-2H3,(H,25,29). The lowest BCUT2D eigenvalue weighted by Gasteiger charge is -2.31. The summed E-state index contributed by atoms with van der Waals surface area (Å²) in [6.45, 7) is 5.80. The van der Waals surface area contributed by atoms with E-state index in [0.717, 1.165) is 47.4 Å². The molecule has 2 amide bonds. The van der Waals surface area contributed by atoms with Gasteiger partial charge in [0.25, 0.3) is 5.91 Å². The zero-order chi connectivity index (χ0) is 21.8. The van der Waals surface area contributed by atoms with Crippen molar-refractivity contribution >= 4 is 34.1 Å². The predicted octanol–water partition coefficient (Wildman–Crippen LogP) is 4.03. The van der Waals surface area contributed by atoms with Crippen molar-refractivity contribution in [3.63, 3.8) is 0 Å². The molecule has 0 bridgehead atoms. The molecule has 31 heavy (non-hydrogen) atoms. The minimum atomic E-state index is -0.0105. The average molecular weight is 437 g/mol. The normalized spacial score (nSPS) is 16.6. The minimum Gasteiger partial charge on any atom is -0.355 e. The number of carbonyl (C=O) groups is 2. The molecule has 1 unspecified atom stereocenters. The summed E-state index contributed by atoms with van der Waals surface area (Å²) in [5.74, 6) is 0.304. The van der Waals surface area contributed by atoms with Gasteiger partial charge in [-0.1, -0.05) is 38.1 Å². The third-order valence-corrected chi connectivity index (χ3v) is 6.71. The number of thiazole rings is 1. The van der Waals surface area contributed by atoms with Crippen LogP contribution in [0.25, 0.3) is 10.9 Å². The molecule has 162 valence electrons. The number of hydrogen-bond acceptors (Lipinski definition) is 5. The maximum atomic E-state index is 13.1. The number of fused-ring (bicyclic) bond motifs is 1. The van der Waals surface area contributed by atoms with Crippen LogP contribution in [0.15, 0.2) is 41.8 Å². The number of benzene rings is 1. The van der Waals surface area contributed by atoms with E-state index in [9.17, 15) is 9.59 Å². The Morgan fingerprint density at radius 3 is 2.87 bits per heavy atom. The number of nitrogens with one attached hydrogen (secondary N) is 1. The Labute approximate surface area is 186 Å². The van der Waals surface area contributed by atoms with Crippen molar-refractivity contribution < 1.29 is 9.59 Å². The molecule has 3 aromatic rings. The summed E-state index contributed by atoms with van der Waals surface area (Å²) < 4.78 is 0. The first-order valence-electron chi connectivity index (χ1n) is 10.9. The maximum absolute atomic E-state index is 13.1. The summed E-state index contributed by atoms with van der Waals surface area (Å²) >= 11 is 1.66. The molecule has 1 fully saturated rings. The van der Waals surface area contributed by atoms with E-state index < -0.39 is 0 Å². The first kappa shape index (κ1) is 21.4. The fraction of sp³-hybridized carbons (Fsp3) is 0.417. The molecule has 0 saturated carbocycles. The van der Waals surface area contributed by atoms with Crippen LogP contribution in [-0.4, -0.2) is 46.3 Å². The summed E-state index contributed by atoms with van der Waals surface area (Å²) in [6.07, 6.45) is 2.72. The molecule has 7 heteroatoms. The number of carbonyl (C=O) groups excluding carboxylic acids is 2. The maximum Gasteiger partial charge on any atom is 0.272 e. The van der Waals surface area contributed by atoms with Crippen LogP contribution in [0.5, 0.6) is 0 Å². The Kier molecular flexibility index (Phi) is 6.61. The highest BCUT2D eigenvalue weighted by atomic mass is 32.1. The Bertz CT molecular complexity index is 1080. The lowest BCUT2D eigenvalue weighted by molar-refractivity contribution is -0.123. The van der Waals surface area contributed by atoms with Gasteiger partial charge in [-0.05, 0) is 25.0 Å². The number of nitrogens with zero attached hydrogens (tertiary/aromatic N) is 3. The number of pyridine rings is 1. The molecule has 2 aromatic heterocycles. The molecule has 3 heterocycles. The summed E-state index contributed by atoms with van der Waals surface area (Å²) in [6, 6.07) is 11.6. The molecular formula is C24H28N4O2S. The number of hydrogen-bond donors (Lipinski definition) is 1. The van der Waals surface area contributed by atoms with E-state index in [2.05, 4.69) is 15.7 Å². The van der Waals surface area contributed by atoms with Crippen molar-refractivity contribution in [2.45, 2.75) is 39.0 Å². The molecule has 1 aliphatic rings. The summed E-state index contributed by atoms with van der Waals surface area (Å²) in [4.78, 5) is 36.1. The van der Waals surface area contributed by atoms with Crippen molar-refractivity contribution in [2.75, 3.05) is 19.6 Å². The highest BCUT2D eigenvalue weighted by molar-refractivity contribution is 7.09. The van der Waals surface area contributed by atoms with Gasteiger partial charge < -0.3 is 10.2 Å². The van der Waals surface area contributed by atoms with E-state index in [1.807, 2.05) is 55.1 Å². The van der Waals surface area contributed by atoms with Crippen LogP contribution in [0.3, 0.4) is 0 Å². The lowest BCUT2D eigenvalue weighted by Crippen LogP contribution is -2.39. The van der Waals surface area contributed by atoms with Crippen LogP contribution in [0.1, 0.15) is 53.8 Å². The van der Waals surface area contributed by atoms with Crippen LogP contribution in [0, 0.1) is 5.92 Å². The van der Waals surface area contributed by atoms with Gasteiger partial charge in [0.05, 0.1) is 16.2 Å². The van der Waals surface area contributed by atoms with Crippen molar-refractivity contribution in [3.8, 4) is 0 Å². The number of rotatable bonds is 6. The van der Waals surface area contributed by atoms with Gasteiger partial charge in [0.15, 0.2) is 0 Å². The molecule has 1 saturated heterocycles. The van der Waals surface area contributed by atoms with E-state index in [4.69, 9.17) is 4.98 Å². The Hall–Kier alpha value is -2.80. The van der Waals surface area contributed by atoms with Crippen molar-refractivity contribution in [1.82, 2.24) is 20.2 Å². The quantitative estimate of drug-likeness (QED) is 0.633. The SMILES string of the molecule is CC(C)C(=O)NCCc1csc(C2CCCN(C(=O)c3ccc4ccccc4n3)C2)n1. The van der Waals surface area contributed by atoms with E-state index in [1.165, 1.54) is 0 Å². The van der Waals surface area contributed by atoms with Gasteiger partial charge in [0.2, 0.25) is 5.91 Å². The molecule has 4 rings (SSSR count). The fourth-order valence-electron chi connectivity index (χ4n) is 3.85. The van der Waals surface area contributed by atoms with Gasteiger partial charge in [0, 0.05) is 48.7 Å². The van der Waals surface area contributed by atoms with E-state index in [-0.39, 0.29) is 23.7 Å². The number of para-hydroxylation sites is 1. The highest BCUT2D eigenvalue weighted by Gasteiger charge is 2.28. The molecular weight excluding hydrogens is 408 g/mol. The van der Waals surface area contributed by atoms with Gasteiger partial charge >= 0.3 is 0 Å². The minimum absolute atomic E-state index is 0.00570. The average Bonchev–Trinajstić information content (AvgIpc) is 3.27. The third-order valence-electron chi connectivity index (χ3n) is 5.65. The molecule has 1 aliphatic heterocycles. The molecule has 1 aromatic carbocycles. The topological polar surface area (TPSA) is 75.2 Å². The second kappa shape index (κ2) is 9.56. The van der Waals surface area contributed by atoms with Gasteiger partial charge in [0.1, 0.15) is 5.69 Å². The van der Waals surface area contributed by atoms with Gasteiger partial charge in [-0.15, -0.1) is 11.3 Å². The van der Waals surface area contributed by atoms with Crippen molar-refractivity contribution in [1.29, 1.82) is 0 Å². The fourth-order valence-corrected chi connectivity index (χ4v) is 4.84. The predicted molar refractivity (Wildman–Crippen MR) is 123 cm³/mol. The van der Waals surface area contributed by atoms with Gasteiger partial charge in [-0.2, -0.15) is 0 Å². The van der Waals surface area contributed by atoms with Crippen molar-refractivity contribution in [2.24, 2.45) is 5.92 Å². The number of aromatic nitrogens is 2. The van der Waals surface area contributed by atoms with Gasteiger partial charge in [-0.3, -0.25) is 9.59 Å². The Morgan fingerprint density at radius 2 is 2.03 bits per heavy atom. The van der Waals surface area contributed by atoms with Gasteiger partial charge in [-0.25, -0.2) is 9.97 Å². The molecule has 6 nitrogen and oxygen atoms in total. The van der Waals surface area contributed by atoms with Crippen LogP contribution in [0.4, 0.5) is 0 Å². The molecule has 0 radical (unpaired) electrons.